The number of hydrogen-bond donors (Lipinski definition) is 1. The van der Waals surface area contributed by atoms with Gasteiger partial charge in [0.15, 0.2) is 5.69 Å². The lowest BCUT2D eigenvalue weighted by molar-refractivity contribution is 0.102. The number of carbonyl (C=O) groups excluding carboxylic acids is 1. The van der Waals surface area contributed by atoms with Crippen LogP contribution in [0.3, 0.4) is 0 Å². The third-order valence-corrected chi connectivity index (χ3v) is 3.58. The van der Waals surface area contributed by atoms with Gasteiger partial charge in [0, 0.05) is 12.1 Å². The predicted molar refractivity (Wildman–Crippen MR) is 86.6 cm³/mol. The van der Waals surface area contributed by atoms with Crippen molar-refractivity contribution in [3.8, 4) is 5.69 Å². The Morgan fingerprint density at radius 2 is 1.92 bits per heavy atom. The van der Waals surface area contributed by atoms with Crippen LogP contribution in [0.2, 0.25) is 0 Å². The summed E-state index contributed by atoms with van der Waals surface area (Å²) in [5.74, 6) is -0.120. The number of amides is 1. The Hall–Kier alpha value is -3.03. The molecule has 2 heterocycles. The molecule has 2 aromatic heterocycles. The van der Waals surface area contributed by atoms with E-state index in [0.717, 1.165) is 0 Å². The second kappa shape index (κ2) is 6.23. The highest BCUT2D eigenvalue weighted by Gasteiger charge is 2.19. The third kappa shape index (κ3) is 2.90. The Balaban J connectivity index is 1.86. The van der Waals surface area contributed by atoms with Crippen molar-refractivity contribution in [2.24, 2.45) is 0 Å². The van der Waals surface area contributed by atoms with E-state index in [4.69, 9.17) is 0 Å². The zero-order valence-electron chi connectivity index (χ0n) is 13.6. The van der Waals surface area contributed by atoms with Crippen molar-refractivity contribution in [1.82, 2.24) is 24.8 Å². The summed E-state index contributed by atoms with van der Waals surface area (Å²) in [5, 5.41) is 14.9. The molecule has 8 heteroatoms. The molecule has 0 saturated heterocycles. The second-order valence-electron chi connectivity index (χ2n) is 5.62. The summed E-state index contributed by atoms with van der Waals surface area (Å²) in [6.07, 6.45) is 1.62. The lowest BCUT2D eigenvalue weighted by atomic mass is 10.2. The molecule has 0 spiro atoms. The van der Waals surface area contributed by atoms with Gasteiger partial charge in [-0.15, -0.1) is 5.10 Å². The van der Waals surface area contributed by atoms with Crippen LogP contribution < -0.4 is 5.32 Å². The minimum atomic E-state index is -0.372. The molecular weight excluding hydrogens is 311 g/mol. The molecule has 24 heavy (non-hydrogen) atoms. The Morgan fingerprint density at radius 1 is 1.21 bits per heavy atom. The van der Waals surface area contributed by atoms with Crippen molar-refractivity contribution in [3.05, 3.63) is 53.7 Å². The van der Waals surface area contributed by atoms with Crippen LogP contribution in [0.1, 0.15) is 36.1 Å². The SMILES string of the molecule is Cc1c(C(=O)Nc2ccnn2C(C)C)nnn1-c1ccc(F)cc1. The van der Waals surface area contributed by atoms with Gasteiger partial charge in [-0.05, 0) is 45.0 Å². The smallest absolute Gasteiger partial charge is 0.279 e. The van der Waals surface area contributed by atoms with Crippen LogP contribution in [0.4, 0.5) is 10.2 Å². The van der Waals surface area contributed by atoms with E-state index in [2.05, 4.69) is 20.7 Å². The number of rotatable bonds is 4. The van der Waals surface area contributed by atoms with Gasteiger partial charge in [-0.3, -0.25) is 4.79 Å². The van der Waals surface area contributed by atoms with E-state index < -0.39 is 0 Å². The molecule has 3 rings (SSSR count). The van der Waals surface area contributed by atoms with E-state index >= 15 is 0 Å². The molecule has 0 radical (unpaired) electrons. The predicted octanol–water partition coefficient (Wildman–Crippen LogP) is 2.74. The van der Waals surface area contributed by atoms with Gasteiger partial charge in [0.1, 0.15) is 11.6 Å². The minimum absolute atomic E-state index is 0.117. The number of halogens is 1. The number of benzene rings is 1. The Morgan fingerprint density at radius 3 is 2.58 bits per heavy atom. The summed E-state index contributed by atoms with van der Waals surface area (Å²) in [7, 11) is 0. The molecule has 1 aromatic carbocycles. The topological polar surface area (TPSA) is 77.6 Å². The number of carbonyl (C=O) groups is 1. The number of nitrogens with one attached hydrogen (secondary N) is 1. The molecule has 0 bridgehead atoms. The van der Waals surface area contributed by atoms with Crippen LogP contribution >= 0.6 is 0 Å². The molecule has 0 unspecified atom stereocenters. The molecule has 7 nitrogen and oxygen atoms in total. The fourth-order valence-electron chi connectivity index (χ4n) is 2.37. The zero-order valence-corrected chi connectivity index (χ0v) is 13.6. The summed E-state index contributed by atoms with van der Waals surface area (Å²) in [6.45, 7) is 5.68. The molecule has 1 N–H and O–H groups in total. The largest absolute Gasteiger partial charge is 0.305 e. The highest BCUT2D eigenvalue weighted by Crippen LogP contribution is 2.16. The standard InChI is InChI=1S/C16H17FN6O/c1-10(2)22-14(8-9-18-22)19-16(24)15-11(3)23(21-20-15)13-6-4-12(17)5-7-13/h4-10H,1-3H3,(H,19,24). The second-order valence-corrected chi connectivity index (χ2v) is 5.62. The van der Waals surface area contributed by atoms with Crippen LogP contribution in [0.25, 0.3) is 5.69 Å². The molecule has 0 aliphatic heterocycles. The summed E-state index contributed by atoms with van der Waals surface area (Å²) in [4.78, 5) is 12.5. The third-order valence-electron chi connectivity index (χ3n) is 3.58. The van der Waals surface area contributed by atoms with Crippen LogP contribution in [-0.2, 0) is 0 Å². The van der Waals surface area contributed by atoms with Crippen LogP contribution in [-0.4, -0.2) is 30.7 Å². The molecule has 0 aliphatic rings. The number of anilines is 1. The Bertz CT molecular complexity index is 865. The van der Waals surface area contributed by atoms with Crippen LogP contribution in [0.5, 0.6) is 0 Å². The number of nitrogens with zero attached hydrogens (tertiary/aromatic N) is 5. The summed E-state index contributed by atoms with van der Waals surface area (Å²) < 4.78 is 16.2. The maximum atomic E-state index is 13.0. The summed E-state index contributed by atoms with van der Waals surface area (Å²) in [6, 6.07) is 7.65. The molecule has 124 valence electrons. The first-order valence-electron chi connectivity index (χ1n) is 7.50. The molecule has 3 aromatic rings. The van der Waals surface area contributed by atoms with Crippen molar-refractivity contribution in [2.45, 2.75) is 26.8 Å². The molecule has 1 amide bonds. The van der Waals surface area contributed by atoms with E-state index in [1.165, 1.54) is 16.8 Å². The fraction of sp³-hybridized carbons (Fsp3) is 0.250. The van der Waals surface area contributed by atoms with Gasteiger partial charge in [0.2, 0.25) is 0 Å². The van der Waals surface area contributed by atoms with E-state index in [0.29, 0.717) is 17.2 Å². The van der Waals surface area contributed by atoms with E-state index in [1.54, 1.807) is 36.0 Å². The molecule has 0 atom stereocenters. The van der Waals surface area contributed by atoms with Crippen molar-refractivity contribution >= 4 is 11.7 Å². The van der Waals surface area contributed by atoms with Gasteiger partial charge >= 0.3 is 0 Å². The highest BCUT2D eigenvalue weighted by molar-refractivity contribution is 6.03. The van der Waals surface area contributed by atoms with Gasteiger partial charge in [-0.25, -0.2) is 13.8 Å². The molecule has 0 aliphatic carbocycles. The van der Waals surface area contributed by atoms with E-state index in [9.17, 15) is 9.18 Å². The molecule has 0 saturated carbocycles. The van der Waals surface area contributed by atoms with Gasteiger partial charge in [0.05, 0.1) is 17.6 Å². The molecule has 0 fully saturated rings. The van der Waals surface area contributed by atoms with Crippen molar-refractivity contribution in [3.63, 3.8) is 0 Å². The first kappa shape index (κ1) is 15.9. The first-order valence-corrected chi connectivity index (χ1v) is 7.50. The van der Waals surface area contributed by atoms with Gasteiger partial charge in [-0.1, -0.05) is 5.21 Å². The minimum Gasteiger partial charge on any atom is -0.305 e. The Kier molecular flexibility index (Phi) is 4.11. The first-order chi connectivity index (χ1) is 11.5. The monoisotopic (exact) mass is 328 g/mol. The fourth-order valence-corrected chi connectivity index (χ4v) is 2.37. The summed E-state index contributed by atoms with van der Waals surface area (Å²) in [5.41, 5.74) is 1.40. The highest BCUT2D eigenvalue weighted by atomic mass is 19.1. The van der Waals surface area contributed by atoms with Crippen LogP contribution in [0, 0.1) is 12.7 Å². The summed E-state index contributed by atoms with van der Waals surface area (Å²) >= 11 is 0. The van der Waals surface area contributed by atoms with Crippen molar-refractivity contribution in [1.29, 1.82) is 0 Å². The number of hydrogen-bond acceptors (Lipinski definition) is 4. The van der Waals surface area contributed by atoms with Gasteiger partial charge in [0.25, 0.3) is 5.91 Å². The number of aromatic nitrogens is 5. The van der Waals surface area contributed by atoms with Gasteiger partial charge in [-0.2, -0.15) is 5.10 Å². The van der Waals surface area contributed by atoms with E-state index in [-0.39, 0.29) is 23.5 Å². The van der Waals surface area contributed by atoms with Crippen molar-refractivity contribution in [2.75, 3.05) is 5.32 Å². The maximum absolute atomic E-state index is 13.0. The Labute approximate surface area is 138 Å². The lowest BCUT2D eigenvalue weighted by Crippen LogP contribution is -2.18. The van der Waals surface area contributed by atoms with E-state index in [1.807, 2.05) is 13.8 Å². The maximum Gasteiger partial charge on any atom is 0.279 e. The zero-order chi connectivity index (χ0) is 17.3. The average Bonchev–Trinajstić information content (AvgIpc) is 3.15. The average molecular weight is 328 g/mol. The normalized spacial score (nSPS) is 11.0. The quantitative estimate of drug-likeness (QED) is 0.799. The molecular formula is C16H17FN6O. The van der Waals surface area contributed by atoms with Crippen molar-refractivity contribution < 1.29 is 9.18 Å². The van der Waals surface area contributed by atoms with Crippen LogP contribution in [0.15, 0.2) is 36.5 Å². The lowest BCUT2D eigenvalue weighted by Gasteiger charge is -2.11. The van der Waals surface area contributed by atoms with Gasteiger partial charge < -0.3 is 5.32 Å².